The van der Waals surface area contributed by atoms with Crippen molar-refractivity contribution >= 4 is 17.8 Å². The van der Waals surface area contributed by atoms with Gasteiger partial charge >= 0.3 is 0 Å². The third kappa shape index (κ3) is 4.22. The van der Waals surface area contributed by atoms with Gasteiger partial charge in [-0.05, 0) is 58.0 Å². The minimum Gasteiger partial charge on any atom is -0.372 e. The molecule has 0 atom stereocenters. The Hall–Kier alpha value is -2.56. The highest BCUT2D eigenvalue weighted by Gasteiger charge is 2.06. The predicted molar refractivity (Wildman–Crippen MR) is 95.3 cm³/mol. The topological polar surface area (TPSA) is 60.5 Å². The Morgan fingerprint density at radius 1 is 1.22 bits per heavy atom. The van der Waals surface area contributed by atoms with Crippen LogP contribution < -0.4 is 10.3 Å². The van der Waals surface area contributed by atoms with Crippen LogP contribution in [0.1, 0.15) is 41.2 Å². The van der Waals surface area contributed by atoms with Crippen molar-refractivity contribution in [3.63, 3.8) is 0 Å². The fourth-order valence-electron chi connectivity index (χ4n) is 2.52. The summed E-state index contributed by atoms with van der Waals surface area (Å²) in [5, 5.41) is 4.03. The molecule has 0 unspecified atom stereocenters. The molecule has 0 saturated heterocycles. The lowest BCUT2D eigenvalue weighted by atomic mass is 10.2. The molecule has 2 N–H and O–H groups in total. The molecule has 0 aliphatic rings. The molecule has 5 nitrogen and oxygen atoms in total. The van der Waals surface area contributed by atoms with Crippen LogP contribution in [-0.4, -0.2) is 30.2 Å². The zero-order chi connectivity index (χ0) is 16.8. The number of hydrogen-bond acceptors (Lipinski definition) is 3. The van der Waals surface area contributed by atoms with Gasteiger partial charge in [-0.25, -0.2) is 5.43 Å². The molecule has 0 aliphatic carbocycles. The van der Waals surface area contributed by atoms with E-state index in [9.17, 15) is 4.79 Å². The minimum atomic E-state index is -0.211. The molecule has 0 aliphatic heterocycles. The number of aromatic nitrogens is 1. The Labute approximate surface area is 137 Å². The summed E-state index contributed by atoms with van der Waals surface area (Å²) in [4.78, 5) is 17.5. The van der Waals surface area contributed by atoms with E-state index in [0.29, 0.717) is 5.56 Å². The monoisotopic (exact) mass is 312 g/mol. The first-order chi connectivity index (χ1) is 11.0. The van der Waals surface area contributed by atoms with Crippen LogP contribution in [0.3, 0.4) is 0 Å². The van der Waals surface area contributed by atoms with E-state index in [1.54, 1.807) is 6.21 Å². The molecule has 23 heavy (non-hydrogen) atoms. The summed E-state index contributed by atoms with van der Waals surface area (Å²) in [6, 6.07) is 9.56. The standard InChI is InChI=1S/C18H24N4O/c1-5-22(6-2)17-9-7-15(8-10-17)18(23)21-19-12-16-11-13(3)20-14(16)4/h7-12,20H,5-6H2,1-4H3,(H,21,23)/b19-12+. The van der Waals surface area contributed by atoms with Crippen molar-refractivity contribution in [3.05, 3.63) is 52.8 Å². The van der Waals surface area contributed by atoms with Crippen molar-refractivity contribution in [3.8, 4) is 0 Å². The zero-order valence-corrected chi connectivity index (χ0v) is 14.2. The fraction of sp³-hybridized carbons (Fsp3) is 0.333. The molecule has 0 saturated carbocycles. The molecular formula is C18H24N4O. The second-order valence-electron chi connectivity index (χ2n) is 5.45. The lowest BCUT2D eigenvalue weighted by Crippen LogP contribution is -2.22. The second-order valence-corrected chi connectivity index (χ2v) is 5.45. The van der Waals surface area contributed by atoms with Gasteiger partial charge in [0.2, 0.25) is 0 Å². The molecule has 1 heterocycles. The molecule has 1 aromatic heterocycles. The van der Waals surface area contributed by atoms with Gasteiger partial charge in [-0.1, -0.05) is 0 Å². The van der Waals surface area contributed by atoms with Gasteiger partial charge in [-0.3, -0.25) is 4.79 Å². The summed E-state index contributed by atoms with van der Waals surface area (Å²) >= 11 is 0. The highest BCUT2D eigenvalue weighted by Crippen LogP contribution is 2.14. The SMILES string of the molecule is CCN(CC)c1ccc(C(=O)N/N=C/c2cc(C)[nH]c2C)cc1. The predicted octanol–water partition coefficient (Wildman–Crippen LogP) is 3.24. The van der Waals surface area contributed by atoms with Crippen LogP contribution >= 0.6 is 0 Å². The van der Waals surface area contributed by atoms with Gasteiger partial charge in [-0.2, -0.15) is 5.10 Å². The van der Waals surface area contributed by atoms with Gasteiger partial charge in [0.25, 0.3) is 5.91 Å². The van der Waals surface area contributed by atoms with Crippen molar-refractivity contribution < 1.29 is 4.79 Å². The lowest BCUT2D eigenvalue weighted by molar-refractivity contribution is 0.0955. The number of carbonyl (C=O) groups is 1. The van der Waals surface area contributed by atoms with E-state index in [4.69, 9.17) is 0 Å². The largest absolute Gasteiger partial charge is 0.372 e. The Morgan fingerprint density at radius 2 is 1.87 bits per heavy atom. The summed E-state index contributed by atoms with van der Waals surface area (Å²) in [6.07, 6.45) is 1.65. The Balaban J connectivity index is 1.99. The van der Waals surface area contributed by atoms with E-state index in [0.717, 1.165) is 35.7 Å². The number of nitrogens with zero attached hydrogens (tertiary/aromatic N) is 2. The average Bonchev–Trinajstić information content (AvgIpc) is 2.87. The maximum absolute atomic E-state index is 12.1. The number of amides is 1. The first kappa shape index (κ1) is 16.8. The first-order valence-electron chi connectivity index (χ1n) is 7.89. The number of aryl methyl sites for hydroxylation is 2. The molecule has 1 aromatic carbocycles. The smallest absolute Gasteiger partial charge is 0.271 e. The van der Waals surface area contributed by atoms with Gasteiger partial charge in [-0.15, -0.1) is 0 Å². The van der Waals surface area contributed by atoms with E-state index in [-0.39, 0.29) is 5.91 Å². The molecule has 1 amide bonds. The number of anilines is 1. The Morgan fingerprint density at radius 3 is 2.39 bits per heavy atom. The van der Waals surface area contributed by atoms with Crippen molar-refractivity contribution in [1.82, 2.24) is 10.4 Å². The molecule has 5 heteroatoms. The van der Waals surface area contributed by atoms with Crippen LogP contribution in [-0.2, 0) is 0 Å². The molecule has 2 aromatic rings. The Kier molecular flexibility index (Phi) is 5.57. The van der Waals surface area contributed by atoms with E-state index in [1.807, 2.05) is 44.2 Å². The van der Waals surface area contributed by atoms with Crippen molar-refractivity contribution in [2.75, 3.05) is 18.0 Å². The molecule has 2 rings (SSSR count). The molecule has 122 valence electrons. The zero-order valence-electron chi connectivity index (χ0n) is 14.2. The Bertz CT molecular complexity index is 682. The maximum Gasteiger partial charge on any atom is 0.271 e. The van der Waals surface area contributed by atoms with E-state index in [2.05, 4.69) is 34.3 Å². The molecule has 0 fully saturated rings. The number of carbonyl (C=O) groups excluding carboxylic acids is 1. The number of H-pyrrole nitrogens is 1. The van der Waals surface area contributed by atoms with Gasteiger partial charge in [0, 0.05) is 41.3 Å². The van der Waals surface area contributed by atoms with Gasteiger partial charge in [0.15, 0.2) is 0 Å². The molecule has 0 spiro atoms. The molecule has 0 radical (unpaired) electrons. The van der Waals surface area contributed by atoms with Crippen LogP contribution in [0.2, 0.25) is 0 Å². The van der Waals surface area contributed by atoms with Crippen LogP contribution in [0, 0.1) is 13.8 Å². The number of aromatic amines is 1. The van der Waals surface area contributed by atoms with Gasteiger partial charge in [0.05, 0.1) is 6.21 Å². The number of rotatable bonds is 6. The van der Waals surface area contributed by atoms with E-state index >= 15 is 0 Å². The minimum absolute atomic E-state index is 0.211. The summed E-state index contributed by atoms with van der Waals surface area (Å²) < 4.78 is 0. The van der Waals surface area contributed by atoms with Crippen LogP contribution in [0.5, 0.6) is 0 Å². The van der Waals surface area contributed by atoms with Crippen LogP contribution in [0.15, 0.2) is 35.4 Å². The van der Waals surface area contributed by atoms with Crippen LogP contribution in [0.4, 0.5) is 5.69 Å². The quantitative estimate of drug-likeness (QED) is 0.635. The first-order valence-corrected chi connectivity index (χ1v) is 7.89. The normalized spacial score (nSPS) is 11.0. The third-order valence-electron chi connectivity index (χ3n) is 3.82. The second kappa shape index (κ2) is 7.63. The number of hydrazone groups is 1. The average molecular weight is 312 g/mol. The van der Waals surface area contributed by atoms with Crippen molar-refractivity contribution in [2.45, 2.75) is 27.7 Å². The number of nitrogens with one attached hydrogen (secondary N) is 2. The lowest BCUT2D eigenvalue weighted by Gasteiger charge is -2.20. The summed E-state index contributed by atoms with van der Waals surface area (Å²) in [5.41, 5.74) is 7.35. The molecular weight excluding hydrogens is 288 g/mol. The third-order valence-corrected chi connectivity index (χ3v) is 3.82. The van der Waals surface area contributed by atoms with Gasteiger partial charge in [0.1, 0.15) is 0 Å². The number of hydrogen-bond donors (Lipinski definition) is 2. The maximum atomic E-state index is 12.1. The van der Waals surface area contributed by atoms with E-state index < -0.39 is 0 Å². The highest BCUT2D eigenvalue weighted by atomic mass is 16.2. The summed E-state index contributed by atoms with van der Waals surface area (Å²) in [7, 11) is 0. The molecule has 0 bridgehead atoms. The fourth-order valence-corrected chi connectivity index (χ4v) is 2.52. The van der Waals surface area contributed by atoms with Gasteiger partial charge < -0.3 is 9.88 Å². The summed E-state index contributed by atoms with van der Waals surface area (Å²) in [5.74, 6) is -0.211. The van der Waals surface area contributed by atoms with E-state index in [1.165, 1.54) is 0 Å². The summed E-state index contributed by atoms with van der Waals surface area (Å²) in [6.45, 7) is 10.1. The highest BCUT2D eigenvalue weighted by molar-refractivity contribution is 5.95. The van der Waals surface area contributed by atoms with Crippen molar-refractivity contribution in [1.29, 1.82) is 0 Å². The van der Waals surface area contributed by atoms with Crippen molar-refractivity contribution in [2.24, 2.45) is 5.10 Å². The van der Waals surface area contributed by atoms with Crippen LogP contribution in [0.25, 0.3) is 0 Å². The number of benzene rings is 1.